The van der Waals surface area contributed by atoms with E-state index in [-0.39, 0.29) is 16.7 Å². The highest BCUT2D eigenvalue weighted by Crippen LogP contribution is 2.45. The van der Waals surface area contributed by atoms with Crippen molar-refractivity contribution in [2.75, 3.05) is 0 Å². The van der Waals surface area contributed by atoms with Crippen LogP contribution in [0.15, 0.2) is 29.2 Å². The lowest BCUT2D eigenvalue weighted by molar-refractivity contribution is -0.128. The van der Waals surface area contributed by atoms with Crippen LogP contribution in [0.25, 0.3) is 0 Å². The Hall–Kier alpha value is -1.20. The van der Waals surface area contributed by atoms with Gasteiger partial charge in [0.05, 0.1) is 4.90 Å². The zero-order valence-corrected chi connectivity index (χ0v) is 14.8. The van der Waals surface area contributed by atoms with Gasteiger partial charge in [-0.1, -0.05) is 45.4 Å². The van der Waals surface area contributed by atoms with E-state index < -0.39 is 20.9 Å². The lowest BCUT2D eigenvalue weighted by atomic mass is 9.61. The van der Waals surface area contributed by atoms with Crippen molar-refractivity contribution >= 4 is 15.8 Å². The highest BCUT2D eigenvalue weighted by molar-refractivity contribution is 7.89. The zero-order valence-electron chi connectivity index (χ0n) is 13.9. The molecule has 0 saturated heterocycles. The van der Waals surface area contributed by atoms with Crippen LogP contribution in [0.3, 0.4) is 0 Å². The number of aryl methyl sites for hydroxylation is 1. The number of ketones is 1. The average Bonchev–Trinajstić information content (AvgIpc) is 2.33. The molecule has 1 saturated carbocycles. The van der Waals surface area contributed by atoms with Crippen molar-refractivity contribution < 1.29 is 13.2 Å². The first-order valence-corrected chi connectivity index (χ1v) is 9.03. The molecule has 22 heavy (non-hydrogen) atoms. The first kappa shape index (κ1) is 17.2. The number of nitrogens with one attached hydrogen (secondary N) is 1. The quantitative estimate of drug-likeness (QED) is 0.930. The smallest absolute Gasteiger partial charge is 0.240 e. The number of benzene rings is 1. The van der Waals surface area contributed by atoms with E-state index >= 15 is 0 Å². The molecule has 0 amide bonds. The number of Topliss-reactive ketones (excluding diaryl/α,β-unsaturated/α-hetero) is 1. The molecule has 2 rings (SSSR count). The molecule has 4 nitrogen and oxygen atoms in total. The van der Waals surface area contributed by atoms with Gasteiger partial charge in [0.25, 0.3) is 0 Å². The summed E-state index contributed by atoms with van der Waals surface area (Å²) < 4.78 is 28.2. The van der Waals surface area contributed by atoms with Crippen molar-refractivity contribution in [3.8, 4) is 0 Å². The van der Waals surface area contributed by atoms with E-state index in [1.54, 1.807) is 24.3 Å². The maximum Gasteiger partial charge on any atom is 0.240 e. The molecule has 1 fully saturated rings. The lowest BCUT2D eigenvalue weighted by Crippen LogP contribution is -2.57. The van der Waals surface area contributed by atoms with E-state index in [2.05, 4.69) is 4.72 Å². The van der Waals surface area contributed by atoms with E-state index in [0.717, 1.165) is 5.56 Å². The molecule has 0 atom stereocenters. The Labute approximate surface area is 133 Å². The Balaban J connectivity index is 2.34. The molecule has 0 aromatic heterocycles. The standard InChI is InChI=1S/C17H25NO3S/c1-12-6-8-14(9-7-12)22(20,21)18-15-16(2,3)10-13(19)11-17(15,4)5/h6-9,15,18H,10-11H2,1-5H3. The Morgan fingerprint density at radius 3 is 1.91 bits per heavy atom. The molecule has 0 heterocycles. The molecule has 5 heteroatoms. The Morgan fingerprint density at radius 1 is 1.00 bits per heavy atom. The van der Waals surface area contributed by atoms with Gasteiger partial charge in [0.1, 0.15) is 5.78 Å². The lowest BCUT2D eigenvalue weighted by Gasteiger charge is -2.48. The summed E-state index contributed by atoms with van der Waals surface area (Å²) in [7, 11) is -3.60. The van der Waals surface area contributed by atoms with Crippen molar-refractivity contribution in [3.63, 3.8) is 0 Å². The zero-order chi connectivity index (χ0) is 16.8. The molecule has 1 aromatic rings. The molecule has 0 unspecified atom stereocenters. The molecular weight excluding hydrogens is 298 g/mol. The van der Waals surface area contributed by atoms with Gasteiger partial charge in [0.2, 0.25) is 10.0 Å². The van der Waals surface area contributed by atoms with Crippen LogP contribution in [0.1, 0.15) is 46.1 Å². The fourth-order valence-corrected chi connectivity index (χ4v) is 5.18. The second-order valence-electron chi connectivity index (χ2n) is 7.74. The molecule has 0 radical (unpaired) electrons. The van der Waals surface area contributed by atoms with Crippen molar-refractivity contribution in [1.29, 1.82) is 0 Å². The predicted octanol–water partition coefficient (Wildman–Crippen LogP) is 3.06. The summed E-state index contributed by atoms with van der Waals surface area (Å²) in [4.78, 5) is 12.2. The first-order chi connectivity index (χ1) is 9.94. The van der Waals surface area contributed by atoms with Crippen LogP contribution in [0.4, 0.5) is 0 Å². The minimum absolute atomic E-state index is 0.195. The fraction of sp³-hybridized carbons (Fsp3) is 0.588. The van der Waals surface area contributed by atoms with Gasteiger partial charge in [-0.2, -0.15) is 0 Å². The minimum Gasteiger partial charge on any atom is -0.300 e. The molecular formula is C17H25NO3S. The van der Waals surface area contributed by atoms with Gasteiger partial charge < -0.3 is 0 Å². The van der Waals surface area contributed by atoms with Gasteiger partial charge >= 0.3 is 0 Å². The van der Waals surface area contributed by atoms with Crippen LogP contribution in [0, 0.1) is 17.8 Å². The summed E-state index contributed by atoms with van der Waals surface area (Å²) >= 11 is 0. The molecule has 1 aromatic carbocycles. The third-order valence-electron chi connectivity index (χ3n) is 4.47. The Bertz CT molecular complexity index is 652. The highest BCUT2D eigenvalue weighted by Gasteiger charge is 2.48. The van der Waals surface area contributed by atoms with Gasteiger partial charge in [0, 0.05) is 18.9 Å². The summed E-state index contributed by atoms with van der Waals surface area (Å²) in [6.45, 7) is 9.73. The van der Waals surface area contributed by atoms with E-state index in [4.69, 9.17) is 0 Å². The Kier molecular flexibility index (Phi) is 4.26. The van der Waals surface area contributed by atoms with Crippen molar-refractivity contribution in [2.45, 2.75) is 58.4 Å². The Morgan fingerprint density at radius 2 is 1.45 bits per heavy atom. The molecule has 0 aliphatic heterocycles. The van der Waals surface area contributed by atoms with Crippen LogP contribution in [0.2, 0.25) is 0 Å². The second kappa shape index (κ2) is 5.46. The number of carbonyl (C=O) groups is 1. The monoisotopic (exact) mass is 323 g/mol. The van der Waals surface area contributed by atoms with Crippen LogP contribution in [-0.2, 0) is 14.8 Å². The highest BCUT2D eigenvalue weighted by atomic mass is 32.2. The molecule has 1 aliphatic rings. The van der Waals surface area contributed by atoms with Gasteiger partial charge in [-0.15, -0.1) is 0 Å². The summed E-state index contributed by atoms with van der Waals surface area (Å²) in [6.07, 6.45) is 0.801. The van der Waals surface area contributed by atoms with E-state index in [9.17, 15) is 13.2 Å². The number of rotatable bonds is 3. The predicted molar refractivity (Wildman–Crippen MR) is 87.1 cm³/mol. The van der Waals surface area contributed by atoms with Crippen LogP contribution in [0.5, 0.6) is 0 Å². The largest absolute Gasteiger partial charge is 0.300 e. The van der Waals surface area contributed by atoms with Gasteiger partial charge in [0.15, 0.2) is 0 Å². The normalized spacial score (nSPS) is 21.8. The number of hydrogen-bond acceptors (Lipinski definition) is 3. The number of hydrogen-bond donors (Lipinski definition) is 1. The summed E-state index contributed by atoms with van der Waals surface area (Å²) in [5, 5.41) is 0. The van der Waals surface area contributed by atoms with Gasteiger partial charge in [-0.25, -0.2) is 13.1 Å². The van der Waals surface area contributed by atoms with Gasteiger partial charge in [-0.05, 0) is 29.9 Å². The molecule has 0 spiro atoms. The number of carbonyl (C=O) groups excluding carboxylic acids is 1. The summed E-state index contributed by atoms with van der Waals surface area (Å²) in [5.74, 6) is 0.195. The van der Waals surface area contributed by atoms with Crippen LogP contribution in [-0.4, -0.2) is 20.2 Å². The molecule has 1 aliphatic carbocycles. The van der Waals surface area contributed by atoms with Crippen molar-refractivity contribution in [2.24, 2.45) is 10.8 Å². The number of sulfonamides is 1. The SMILES string of the molecule is Cc1ccc(S(=O)(=O)NC2C(C)(C)CC(=O)CC2(C)C)cc1. The third kappa shape index (κ3) is 3.41. The fourth-order valence-electron chi connectivity index (χ4n) is 3.60. The molecule has 1 N–H and O–H groups in total. The maximum absolute atomic E-state index is 12.7. The van der Waals surface area contributed by atoms with E-state index in [1.165, 1.54) is 0 Å². The second-order valence-corrected chi connectivity index (χ2v) is 9.45. The topological polar surface area (TPSA) is 63.2 Å². The van der Waals surface area contributed by atoms with Crippen LogP contribution >= 0.6 is 0 Å². The minimum atomic E-state index is -3.60. The van der Waals surface area contributed by atoms with Crippen molar-refractivity contribution in [3.05, 3.63) is 29.8 Å². The van der Waals surface area contributed by atoms with E-state index in [1.807, 2.05) is 34.6 Å². The van der Waals surface area contributed by atoms with Crippen LogP contribution < -0.4 is 4.72 Å². The maximum atomic E-state index is 12.7. The molecule has 0 bridgehead atoms. The third-order valence-corrected chi connectivity index (χ3v) is 5.91. The molecule has 122 valence electrons. The first-order valence-electron chi connectivity index (χ1n) is 7.55. The summed E-state index contributed by atoms with van der Waals surface area (Å²) in [5.41, 5.74) is 0.204. The van der Waals surface area contributed by atoms with Crippen molar-refractivity contribution in [1.82, 2.24) is 4.72 Å². The average molecular weight is 323 g/mol. The summed E-state index contributed by atoms with van der Waals surface area (Å²) in [6, 6.07) is 6.52. The van der Waals surface area contributed by atoms with Gasteiger partial charge in [-0.3, -0.25) is 4.79 Å². The van der Waals surface area contributed by atoms with E-state index in [0.29, 0.717) is 12.8 Å².